The number of carboxylic acid groups (broad SMARTS) is 1. The normalized spacial score (nSPS) is 16.3. The van der Waals surface area contributed by atoms with Crippen LogP contribution in [0.5, 0.6) is 0 Å². The Labute approximate surface area is 148 Å². The second-order valence-corrected chi connectivity index (χ2v) is 5.45. The Kier molecular flexibility index (Phi) is 6.25. The predicted molar refractivity (Wildman–Crippen MR) is 85.5 cm³/mol. The van der Waals surface area contributed by atoms with Gasteiger partial charge in [0.1, 0.15) is 25.7 Å². The number of nitrogens with one attached hydrogen (secondary N) is 2. The molecule has 2 rings (SSSR count). The number of carbonyl (C=O) groups is 5. The molecule has 3 N–H and O–H groups in total. The number of hydrogen-bond acceptors (Lipinski definition) is 6. The Morgan fingerprint density at radius 2 is 1.88 bits per heavy atom. The highest BCUT2D eigenvalue weighted by Crippen LogP contribution is 2.13. The lowest BCUT2D eigenvalue weighted by Gasteiger charge is -2.15. The predicted octanol–water partition coefficient (Wildman–Crippen LogP) is -0.759. The molecule has 0 spiro atoms. The van der Waals surface area contributed by atoms with Crippen LogP contribution in [0.3, 0.4) is 0 Å². The van der Waals surface area contributed by atoms with Crippen molar-refractivity contribution in [1.29, 1.82) is 0 Å². The monoisotopic (exact) mass is 363 g/mol. The summed E-state index contributed by atoms with van der Waals surface area (Å²) in [7, 11) is 0. The van der Waals surface area contributed by atoms with Crippen molar-refractivity contribution in [2.45, 2.75) is 19.1 Å². The molecule has 0 aromatic heterocycles. The first-order valence-corrected chi connectivity index (χ1v) is 7.66. The van der Waals surface area contributed by atoms with Gasteiger partial charge in [-0.1, -0.05) is 30.3 Å². The maximum atomic E-state index is 12.1. The number of amides is 4. The van der Waals surface area contributed by atoms with E-state index in [9.17, 15) is 24.0 Å². The van der Waals surface area contributed by atoms with E-state index < -0.39 is 48.9 Å². The molecule has 1 aromatic carbocycles. The van der Waals surface area contributed by atoms with Crippen LogP contribution in [0.4, 0.5) is 4.79 Å². The van der Waals surface area contributed by atoms with Crippen LogP contribution in [0.1, 0.15) is 12.0 Å². The van der Waals surface area contributed by atoms with E-state index in [2.05, 4.69) is 5.32 Å². The van der Waals surface area contributed by atoms with E-state index in [1.165, 1.54) is 0 Å². The van der Waals surface area contributed by atoms with Crippen LogP contribution in [0, 0.1) is 0 Å². The molecular weight excluding hydrogens is 346 g/mol. The van der Waals surface area contributed by atoms with Gasteiger partial charge in [-0.15, -0.1) is 0 Å². The molecule has 0 saturated carbocycles. The molecular formula is C16H17N3O7. The summed E-state index contributed by atoms with van der Waals surface area (Å²) in [6.45, 7) is -1.23. The maximum Gasteiger partial charge on any atom is 0.408 e. The van der Waals surface area contributed by atoms with E-state index in [-0.39, 0.29) is 13.0 Å². The van der Waals surface area contributed by atoms with E-state index in [0.29, 0.717) is 4.90 Å². The van der Waals surface area contributed by atoms with E-state index in [1.54, 1.807) is 24.3 Å². The Bertz CT molecular complexity index is 720. The summed E-state index contributed by atoms with van der Waals surface area (Å²) in [5.74, 6) is -3.44. The van der Waals surface area contributed by atoms with Gasteiger partial charge in [0, 0.05) is 0 Å². The minimum absolute atomic E-state index is 0.00282. The molecule has 138 valence electrons. The van der Waals surface area contributed by atoms with Gasteiger partial charge in [-0.3, -0.25) is 24.1 Å². The second kappa shape index (κ2) is 8.60. The summed E-state index contributed by atoms with van der Waals surface area (Å²) < 4.78 is 4.98. The molecule has 26 heavy (non-hydrogen) atoms. The third kappa shape index (κ3) is 5.30. The maximum absolute atomic E-state index is 12.1. The van der Waals surface area contributed by atoms with Gasteiger partial charge in [-0.2, -0.15) is 0 Å². The van der Waals surface area contributed by atoms with Crippen LogP contribution in [0.15, 0.2) is 30.3 Å². The number of benzene rings is 1. The molecule has 0 radical (unpaired) electrons. The standard InChI is InChI=1S/C16H17N3O7/c20-12(17-7-14(22)23)8-19-13(21)6-11(15(19)24)18-16(25)26-9-10-4-2-1-3-5-10/h1-5,11H,6-9H2,(H,17,20)(H,18,25)(H,22,23). The highest BCUT2D eigenvalue weighted by molar-refractivity contribution is 6.08. The fourth-order valence-corrected chi connectivity index (χ4v) is 2.24. The quantitative estimate of drug-likeness (QED) is 0.541. The lowest BCUT2D eigenvalue weighted by Crippen LogP contribution is -2.45. The summed E-state index contributed by atoms with van der Waals surface area (Å²) in [6.07, 6.45) is -1.16. The molecule has 1 unspecified atom stereocenters. The zero-order chi connectivity index (χ0) is 19.1. The van der Waals surface area contributed by atoms with Gasteiger partial charge in [0.15, 0.2) is 0 Å². The second-order valence-electron chi connectivity index (χ2n) is 5.45. The zero-order valence-corrected chi connectivity index (χ0v) is 13.6. The van der Waals surface area contributed by atoms with Crippen molar-refractivity contribution in [2.75, 3.05) is 13.1 Å². The fourth-order valence-electron chi connectivity index (χ4n) is 2.24. The van der Waals surface area contributed by atoms with Crippen molar-refractivity contribution in [3.8, 4) is 0 Å². The number of ether oxygens (including phenoxy) is 1. The van der Waals surface area contributed by atoms with Crippen LogP contribution in [0.25, 0.3) is 0 Å². The lowest BCUT2D eigenvalue weighted by atomic mass is 10.2. The van der Waals surface area contributed by atoms with Crippen LogP contribution >= 0.6 is 0 Å². The first kappa shape index (κ1) is 18.9. The molecule has 1 aromatic rings. The summed E-state index contributed by atoms with van der Waals surface area (Å²) in [4.78, 5) is 58.4. The van der Waals surface area contributed by atoms with Crippen molar-refractivity contribution in [3.63, 3.8) is 0 Å². The van der Waals surface area contributed by atoms with E-state index in [4.69, 9.17) is 9.84 Å². The highest BCUT2D eigenvalue weighted by atomic mass is 16.5. The number of likely N-dealkylation sites (tertiary alicyclic amines) is 1. The third-order valence-corrected chi connectivity index (χ3v) is 3.49. The minimum Gasteiger partial charge on any atom is -0.480 e. The number of carboxylic acids is 1. The van der Waals surface area contributed by atoms with Gasteiger partial charge in [-0.25, -0.2) is 4.79 Å². The number of alkyl carbamates (subject to hydrolysis) is 1. The Balaban J connectivity index is 1.82. The minimum atomic E-state index is -1.25. The van der Waals surface area contributed by atoms with Crippen molar-refractivity contribution >= 4 is 29.8 Å². The molecule has 1 atom stereocenters. The van der Waals surface area contributed by atoms with Crippen molar-refractivity contribution in [3.05, 3.63) is 35.9 Å². The molecule has 0 bridgehead atoms. The first-order valence-electron chi connectivity index (χ1n) is 7.66. The van der Waals surface area contributed by atoms with Crippen molar-refractivity contribution < 1.29 is 33.8 Å². The van der Waals surface area contributed by atoms with Crippen LogP contribution in [0.2, 0.25) is 0 Å². The van der Waals surface area contributed by atoms with E-state index in [0.717, 1.165) is 5.56 Å². The molecule has 10 heteroatoms. The summed E-state index contributed by atoms with van der Waals surface area (Å²) in [5, 5.41) is 12.8. The summed E-state index contributed by atoms with van der Waals surface area (Å²) in [5.41, 5.74) is 0.758. The fraction of sp³-hybridized carbons (Fsp3) is 0.312. The number of imide groups is 1. The highest BCUT2D eigenvalue weighted by Gasteiger charge is 2.40. The summed E-state index contributed by atoms with van der Waals surface area (Å²) in [6, 6.07) is 7.77. The van der Waals surface area contributed by atoms with Crippen LogP contribution < -0.4 is 10.6 Å². The van der Waals surface area contributed by atoms with Gasteiger partial charge in [0.2, 0.25) is 11.8 Å². The smallest absolute Gasteiger partial charge is 0.408 e. The lowest BCUT2D eigenvalue weighted by molar-refractivity contribution is -0.143. The number of rotatable bonds is 7. The van der Waals surface area contributed by atoms with E-state index in [1.807, 2.05) is 11.4 Å². The molecule has 1 aliphatic rings. The van der Waals surface area contributed by atoms with Gasteiger partial charge < -0.3 is 20.5 Å². The largest absolute Gasteiger partial charge is 0.480 e. The van der Waals surface area contributed by atoms with Gasteiger partial charge >= 0.3 is 12.1 Å². The van der Waals surface area contributed by atoms with Crippen LogP contribution in [-0.2, 0) is 30.5 Å². The van der Waals surface area contributed by atoms with Crippen LogP contribution in [-0.4, -0.2) is 58.9 Å². The molecule has 1 saturated heterocycles. The number of aliphatic carboxylic acids is 1. The van der Waals surface area contributed by atoms with Crippen molar-refractivity contribution in [1.82, 2.24) is 15.5 Å². The SMILES string of the molecule is O=C(O)CNC(=O)CN1C(=O)CC(NC(=O)OCc2ccccc2)C1=O. The van der Waals surface area contributed by atoms with Gasteiger partial charge in [0.05, 0.1) is 6.42 Å². The Morgan fingerprint density at radius 3 is 2.54 bits per heavy atom. The molecule has 4 amide bonds. The third-order valence-electron chi connectivity index (χ3n) is 3.49. The molecule has 1 heterocycles. The molecule has 10 nitrogen and oxygen atoms in total. The topological polar surface area (TPSA) is 142 Å². The average Bonchev–Trinajstić information content (AvgIpc) is 2.86. The van der Waals surface area contributed by atoms with E-state index >= 15 is 0 Å². The number of hydrogen-bond donors (Lipinski definition) is 3. The average molecular weight is 363 g/mol. The van der Waals surface area contributed by atoms with Gasteiger partial charge in [-0.05, 0) is 5.56 Å². The number of carbonyl (C=O) groups excluding carboxylic acids is 4. The van der Waals surface area contributed by atoms with Gasteiger partial charge in [0.25, 0.3) is 5.91 Å². The zero-order valence-electron chi connectivity index (χ0n) is 13.6. The Hall–Kier alpha value is -3.43. The molecule has 0 aliphatic carbocycles. The summed E-state index contributed by atoms with van der Waals surface area (Å²) >= 11 is 0. The Morgan fingerprint density at radius 1 is 1.19 bits per heavy atom. The van der Waals surface area contributed by atoms with Crippen molar-refractivity contribution in [2.24, 2.45) is 0 Å². The molecule has 1 fully saturated rings. The first-order chi connectivity index (χ1) is 12.4. The molecule has 1 aliphatic heterocycles. The number of nitrogens with zero attached hydrogens (tertiary/aromatic N) is 1.